The molecule has 4 heteroatoms. The Morgan fingerprint density at radius 2 is 2.11 bits per heavy atom. The highest BCUT2D eigenvalue weighted by Crippen LogP contribution is 2.12. The summed E-state index contributed by atoms with van der Waals surface area (Å²) in [4.78, 5) is 12.7. The number of carboxylic acids is 1. The topological polar surface area (TPSA) is 49.8 Å². The Balaban J connectivity index is 2.37. The summed E-state index contributed by atoms with van der Waals surface area (Å²) in [5.74, 6) is 0.104. The van der Waals surface area contributed by atoms with Gasteiger partial charge in [0.2, 0.25) is 0 Å². The molecule has 0 saturated carbocycles. The van der Waals surface area contributed by atoms with Crippen LogP contribution in [-0.2, 0) is 4.79 Å². The van der Waals surface area contributed by atoms with Crippen LogP contribution in [0.15, 0.2) is 24.3 Å². The summed E-state index contributed by atoms with van der Waals surface area (Å²) >= 11 is 0. The van der Waals surface area contributed by atoms with Gasteiger partial charge in [0.15, 0.2) is 0 Å². The number of carbonyl (C=O) groups is 1. The van der Waals surface area contributed by atoms with Crippen molar-refractivity contribution in [2.45, 2.75) is 33.2 Å². The lowest BCUT2D eigenvalue weighted by Gasteiger charge is -2.25. The van der Waals surface area contributed by atoms with Crippen molar-refractivity contribution in [1.29, 1.82) is 0 Å². The Bertz CT molecular complexity index is 404. The van der Waals surface area contributed by atoms with Gasteiger partial charge in [0.25, 0.3) is 0 Å². The van der Waals surface area contributed by atoms with Gasteiger partial charge in [-0.3, -0.25) is 9.69 Å². The minimum absolute atomic E-state index is 0.169. The largest absolute Gasteiger partial charge is 0.492 e. The number of carboxylic acid groups (broad SMARTS) is 1. The fourth-order valence-corrected chi connectivity index (χ4v) is 1.85. The summed E-state index contributed by atoms with van der Waals surface area (Å²) in [7, 11) is 0. The standard InChI is InChI=1S/C15H23NO3/c1-12(2)16(8-7-15(17)18)9-10-19-14-6-4-5-13(3)11-14/h4-6,11-12H,7-10H2,1-3H3,(H,17,18). The summed E-state index contributed by atoms with van der Waals surface area (Å²) in [6, 6.07) is 8.25. The summed E-state index contributed by atoms with van der Waals surface area (Å²) in [6.07, 6.45) is 0.169. The van der Waals surface area contributed by atoms with Crippen molar-refractivity contribution in [2.75, 3.05) is 19.7 Å². The monoisotopic (exact) mass is 265 g/mol. The molecule has 0 radical (unpaired) electrons. The van der Waals surface area contributed by atoms with Gasteiger partial charge < -0.3 is 9.84 Å². The molecule has 0 fully saturated rings. The van der Waals surface area contributed by atoms with E-state index in [1.54, 1.807) is 0 Å². The number of hydrogen-bond acceptors (Lipinski definition) is 3. The van der Waals surface area contributed by atoms with Crippen molar-refractivity contribution in [2.24, 2.45) is 0 Å². The Morgan fingerprint density at radius 1 is 1.37 bits per heavy atom. The van der Waals surface area contributed by atoms with Gasteiger partial charge in [-0.15, -0.1) is 0 Å². The molecule has 1 aromatic rings. The van der Waals surface area contributed by atoms with E-state index in [1.807, 2.05) is 31.2 Å². The highest BCUT2D eigenvalue weighted by molar-refractivity contribution is 5.66. The van der Waals surface area contributed by atoms with Crippen LogP contribution in [0, 0.1) is 6.92 Å². The zero-order valence-corrected chi connectivity index (χ0v) is 11.9. The van der Waals surface area contributed by atoms with E-state index in [1.165, 1.54) is 5.56 Å². The van der Waals surface area contributed by atoms with Gasteiger partial charge in [0.05, 0.1) is 6.42 Å². The van der Waals surface area contributed by atoms with Crippen LogP contribution in [0.5, 0.6) is 5.75 Å². The number of benzene rings is 1. The lowest BCUT2D eigenvalue weighted by Crippen LogP contribution is -2.36. The molecule has 0 bridgehead atoms. The summed E-state index contributed by atoms with van der Waals surface area (Å²) in [6.45, 7) is 8.02. The number of aryl methyl sites for hydroxylation is 1. The van der Waals surface area contributed by atoms with Crippen LogP contribution < -0.4 is 4.74 Å². The molecule has 4 nitrogen and oxygen atoms in total. The molecule has 0 atom stereocenters. The van der Waals surface area contributed by atoms with Gasteiger partial charge in [-0.2, -0.15) is 0 Å². The molecule has 0 unspecified atom stereocenters. The molecule has 0 heterocycles. The van der Waals surface area contributed by atoms with Crippen molar-refractivity contribution < 1.29 is 14.6 Å². The summed E-state index contributed by atoms with van der Waals surface area (Å²) < 4.78 is 5.69. The average molecular weight is 265 g/mol. The first-order chi connectivity index (χ1) is 8.99. The molecular formula is C15H23NO3. The maximum absolute atomic E-state index is 10.6. The molecule has 1 aromatic carbocycles. The van der Waals surface area contributed by atoms with E-state index >= 15 is 0 Å². The minimum Gasteiger partial charge on any atom is -0.492 e. The predicted molar refractivity (Wildman–Crippen MR) is 75.6 cm³/mol. The van der Waals surface area contributed by atoms with Crippen molar-refractivity contribution >= 4 is 5.97 Å². The highest BCUT2D eigenvalue weighted by atomic mass is 16.5. The first-order valence-electron chi connectivity index (χ1n) is 6.64. The third-order valence-corrected chi connectivity index (χ3v) is 2.98. The van der Waals surface area contributed by atoms with Gasteiger partial charge >= 0.3 is 5.97 Å². The third-order valence-electron chi connectivity index (χ3n) is 2.98. The van der Waals surface area contributed by atoms with Crippen LogP contribution >= 0.6 is 0 Å². The first kappa shape index (κ1) is 15.5. The Morgan fingerprint density at radius 3 is 2.68 bits per heavy atom. The average Bonchev–Trinajstić information content (AvgIpc) is 2.32. The molecule has 0 aliphatic rings. The Labute approximate surface area is 115 Å². The van der Waals surface area contributed by atoms with Crippen LogP contribution in [0.2, 0.25) is 0 Å². The molecule has 0 aromatic heterocycles. The Hall–Kier alpha value is -1.55. The van der Waals surface area contributed by atoms with Crippen LogP contribution in [0.4, 0.5) is 0 Å². The van der Waals surface area contributed by atoms with Crippen molar-refractivity contribution in [3.05, 3.63) is 29.8 Å². The summed E-state index contributed by atoms with van der Waals surface area (Å²) in [5.41, 5.74) is 1.17. The van der Waals surface area contributed by atoms with E-state index in [2.05, 4.69) is 18.7 Å². The number of aliphatic carboxylic acids is 1. The van der Waals surface area contributed by atoms with Crippen molar-refractivity contribution in [3.63, 3.8) is 0 Å². The minimum atomic E-state index is -0.759. The second-order valence-electron chi connectivity index (χ2n) is 4.94. The van der Waals surface area contributed by atoms with E-state index < -0.39 is 5.97 Å². The van der Waals surface area contributed by atoms with Crippen LogP contribution in [-0.4, -0.2) is 41.7 Å². The van der Waals surface area contributed by atoms with E-state index in [0.717, 1.165) is 12.3 Å². The zero-order valence-electron chi connectivity index (χ0n) is 11.9. The van der Waals surface area contributed by atoms with Crippen LogP contribution in [0.1, 0.15) is 25.8 Å². The van der Waals surface area contributed by atoms with E-state index in [-0.39, 0.29) is 6.42 Å². The number of hydrogen-bond donors (Lipinski definition) is 1. The lowest BCUT2D eigenvalue weighted by molar-refractivity contribution is -0.137. The molecule has 0 aliphatic heterocycles. The number of rotatable bonds is 8. The summed E-state index contributed by atoms with van der Waals surface area (Å²) in [5, 5.41) is 8.72. The molecular weight excluding hydrogens is 242 g/mol. The second kappa shape index (κ2) is 7.79. The fraction of sp³-hybridized carbons (Fsp3) is 0.533. The van der Waals surface area contributed by atoms with Crippen molar-refractivity contribution in [1.82, 2.24) is 4.90 Å². The molecule has 106 valence electrons. The predicted octanol–water partition coefficient (Wildman–Crippen LogP) is 2.56. The Kier molecular flexibility index (Phi) is 6.36. The molecule has 0 amide bonds. The second-order valence-corrected chi connectivity index (χ2v) is 4.94. The quantitative estimate of drug-likeness (QED) is 0.785. The van der Waals surface area contributed by atoms with Gasteiger partial charge in [0, 0.05) is 19.1 Å². The third kappa shape index (κ3) is 6.25. The highest BCUT2D eigenvalue weighted by Gasteiger charge is 2.11. The van der Waals surface area contributed by atoms with Gasteiger partial charge in [-0.25, -0.2) is 0 Å². The zero-order chi connectivity index (χ0) is 14.3. The molecule has 0 spiro atoms. The van der Waals surface area contributed by atoms with E-state index in [0.29, 0.717) is 19.2 Å². The lowest BCUT2D eigenvalue weighted by atomic mass is 10.2. The van der Waals surface area contributed by atoms with Crippen LogP contribution in [0.3, 0.4) is 0 Å². The van der Waals surface area contributed by atoms with Crippen molar-refractivity contribution in [3.8, 4) is 5.75 Å². The molecule has 1 rings (SSSR count). The number of nitrogens with zero attached hydrogens (tertiary/aromatic N) is 1. The SMILES string of the molecule is Cc1cccc(OCCN(CCC(=O)O)C(C)C)c1. The normalized spacial score (nSPS) is 11.0. The van der Waals surface area contributed by atoms with E-state index in [9.17, 15) is 4.79 Å². The van der Waals surface area contributed by atoms with Gasteiger partial charge in [-0.05, 0) is 38.5 Å². The molecule has 1 N–H and O–H groups in total. The maximum atomic E-state index is 10.6. The fourth-order valence-electron chi connectivity index (χ4n) is 1.85. The maximum Gasteiger partial charge on any atom is 0.304 e. The van der Waals surface area contributed by atoms with Gasteiger partial charge in [-0.1, -0.05) is 12.1 Å². The van der Waals surface area contributed by atoms with Crippen LogP contribution in [0.25, 0.3) is 0 Å². The van der Waals surface area contributed by atoms with Gasteiger partial charge in [0.1, 0.15) is 12.4 Å². The molecule has 0 aliphatic carbocycles. The smallest absolute Gasteiger partial charge is 0.304 e. The van der Waals surface area contributed by atoms with E-state index in [4.69, 9.17) is 9.84 Å². The molecule has 19 heavy (non-hydrogen) atoms. The molecule has 0 saturated heterocycles. The first-order valence-corrected chi connectivity index (χ1v) is 6.64. The number of ether oxygens (including phenoxy) is 1.